The molecular weight excluding hydrogens is 316 g/mol. The number of benzene rings is 1. The second kappa shape index (κ2) is 4.91. The number of fused-ring (bicyclic) bond motifs is 1. The summed E-state index contributed by atoms with van der Waals surface area (Å²) in [6.07, 6.45) is 0. The number of nitrogens with zero attached hydrogens (tertiary/aromatic N) is 3. The minimum Gasteiger partial charge on any atom is -0.382 e. The van der Waals surface area contributed by atoms with E-state index in [1.807, 2.05) is 42.5 Å². The zero-order chi connectivity index (χ0) is 14.1. The highest BCUT2D eigenvalue weighted by Crippen LogP contribution is 2.29. The van der Waals surface area contributed by atoms with Crippen molar-refractivity contribution in [2.45, 2.75) is 0 Å². The SMILES string of the molecule is N#Cc1c(N)nc(Br)c2ccc(-c3ccccc3)nc12. The van der Waals surface area contributed by atoms with Crippen LogP contribution in [0.2, 0.25) is 0 Å². The van der Waals surface area contributed by atoms with Gasteiger partial charge in [0.25, 0.3) is 0 Å². The van der Waals surface area contributed by atoms with Gasteiger partial charge in [-0.3, -0.25) is 0 Å². The van der Waals surface area contributed by atoms with Crippen LogP contribution in [0.15, 0.2) is 47.1 Å². The molecule has 2 aromatic heterocycles. The van der Waals surface area contributed by atoms with Gasteiger partial charge >= 0.3 is 0 Å². The largest absolute Gasteiger partial charge is 0.382 e. The van der Waals surface area contributed by atoms with E-state index in [1.165, 1.54) is 0 Å². The number of nitrogens with two attached hydrogens (primary N) is 1. The van der Waals surface area contributed by atoms with Gasteiger partial charge in [-0.25, -0.2) is 9.97 Å². The van der Waals surface area contributed by atoms with E-state index in [4.69, 9.17) is 5.73 Å². The van der Waals surface area contributed by atoms with Gasteiger partial charge in [0.1, 0.15) is 22.1 Å². The smallest absolute Gasteiger partial charge is 0.144 e. The second-order valence-corrected chi connectivity index (χ2v) is 4.98. The van der Waals surface area contributed by atoms with Crippen LogP contribution in [-0.4, -0.2) is 9.97 Å². The van der Waals surface area contributed by atoms with Crippen molar-refractivity contribution >= 4 is 32.7 Å². The summed E-state index contributed by atoms with van der Waals surface area (Å²) >= 11 is 3.35. The molecule has 3 rings (SSSR count). The van der Waals surface area contributed by atoms with E-state index in [1.54, 1.807) is 0 Å². The van der Waals surface area contributed by atoms with Crippen LogP contribution in [-0.2, 0) is 0 Å². The maximum Gasteiger partial charge on any atom is 0.144 e. The molecule has 0 bridgehead atoms. The Morgan fingerprint density at radius 3 is 2.50 bits per heavy atom. The molecule has 96 valence electrons. The Morgan fingerprint density at radius 1 is 1.05 bits per heavy atom. The summed E-state index contributed by atoms with van der Waals surface area (Å²) in [4.78, 5) is 8.67. The van der Waals surface area contributed by atoms with Crippen molar-refractivity contribution < 1.29 is 0 Å². The molecule has 0 aliphatic heterocycles. The maximum absolute atomic E-state index is 9.24. The summed E-state index contributed by atoms with van der Waals surface area (Å²) in [5, 5.41) is 10.0. The molecule has 5 heteroatoms. The molecule has 0 radical (unpaired) electrons. The number of nitrogen functional groups attached to an aromatic ring is 1. The Morgan fingerprint density at radius 2 is 1.80 bits per heavy atom. The Hall–Kier alpha value is -2.45. The number of pyridine rings is 2. The highest BCUT2D eigenvalue weighted by molar-refractivity contribution is 9.10. The van der Waals surface area contributed by atoms with E-state index in [2.05, 4.69) is 32.0 Å². The number of aromatic nitrogens is 2. The molecule has 0 fully saturated rings. The minimum atomic E-state index is 0.185. The molecule has 0 aliphatic carbocycles. The number of rotatable bonds is 1. The minimum absolute atomic E-state index is 0.185. The molecule has 0 unspecified atom stereocenters. The number of hydrogen-bond acceptors (Lipinski definition) is 4. The molecule has 0 saturated heterocycles. The first kappa shape index (κ1) is 12.6. The molecule has 3 aromatic rings. The second-order valence-electron chi connectivity index (χ2n) is 4.23. The summed E-state index contributed by atoms with van der Waals surface area (Å²) in [7, 11) is 0. The molecule has 0 saturated carbocycles. The molecule has 0 amide bonds. The zero-order valence-corrected chi connectivity index (χ0v) is 11.9. The van der Waals surface area contributed by atoms with Crippen molar-refractivity contribution in [1.82, 2.24) is 9.97 Å². The number of nitriles is 1. The Balaban J connectivity index is 2.33. The summed E-state index contributed by atoms with van der Waals surface area (Å²) < 4.78 is 0.594. The Kier molecular flexibility index (Phi) is 3.09. The van der Waals surface area contributed by atoms with Crippen LogP contribution < -0.4 is 5.73 Å². The lowest BCUT2D eigenvalue weighted by atomic mass is 10.1. The summed E-state index contributed by atoms with van der Waals surface area (Å²) in [5.74, 6) is 0.185. The van der Waals surface area contributed by atoms with Gasteiger partial charge in [-0.05, 0) is 28.1 Å². The first-order valence-corrected chi connectivity index (χ1v) is 6.71. The van der Waals surface area contributed by atoms with Crippen LogP contribution >= 0.6 is 15.9 Å². The number of hydrogen-bond donors (Lipinski definition) is 1. The topological polar surface area (TPSA) is 75.6 Å². The molecule has 0 atom stereocenters. The van der Waals surface area contributed by atoms with Crippen LogP contribution in [0, 0.1) is 11.3 Å². The molecule has 2 N–H and O–H groups in total. The lowest BCUT2D eigenvalue weighted by Crippen LogP contribution is -1.99. The first-order valence-electron chi connectivity index (χ1n) is 5.92. The maximum atomic E-state index is 9.24. The third-order valence-electron chi connectivity index (χ3n) is 3.01. The summed E-state index contributed by atoms with van der Waals surface area (Å²) in [6, 6.07) is 15.7. The average Bonchev–Trinajstić information content (AvgIpc) is 2.48. The highest BCUT2D eigenvalue weighted by atomic mass is 79.9. The molecule has 4 nitrogen and oxygen atoms in total. The summed E-state index contributed by atoms with van der Waals surface area (Å²) in [6.45, 7) is 0. The van der Waals surface area contributed by atoms with Crippen molar-refractivity contribution in [2.24, 2.45) is 0 Å². The van der Waals surface area contributed by atoms with Gasteiger partial charge in [0.15, 0.2) is 0 Å². The van der Waals surface area contributed by atoms with E-state index in [9.17, 15) is 5.26 Å². The van der Waals surface area contributed by atoms with Crippen LogP contribution in [0.5, 0.6) is 0 Å². The lowest BCUT2D eigenvalue weighted by molar-refractivity contribution is 1.27. The molecule has 0 spiro atoms. The van der Waals surface area contributed by atoms with E-state index < -0.39 is 0 Å². The molecule has 0 aliphatic rings. The number of halogens is 1. The Bertz CT molecular complexity index is 838. The van der Waals surface area contributed by atoms with Crippen molar-refractivity contribution in [3.63, 3.8) is 0 Å². The first-order chi connectivity index (χ1) is 9.70. The van der Waals surface area contributed by atoms with Gasteiger partial charge in [-0.2, -0.15) is 5.26 Å². The van der Waals surface area contributed by atoms with Crippen LogP contribution in [0.25, 0.3) is 22.2 Å². The monoisotopic (exact) mass is 324 g/mol. The van der Waals surface area contributed by atoms with Gasteiger partial charge in [-0.1, -0.05) is 30.3 Å². The molecule has 2 heterocycles. The fourth-order valence-corrected chi connectivity index (χ4v) is 2.55. The standard InChI is InChI=1S/C15H9BrN4/c16-14-10-6-7-12(9-4-2-1-3-5-9)19-13(10)11(8-17)15(18)20-14/h1-7H,(H2,18,20). The molecule has 1 aromatic carbocycles. The molecule has 20 heavy (non-hydrogen) atoms. The van der Waals surface area contributed by atoms with E-state index in [-0.39, 0.29) is 5.82 Å². The normalized spacial score (nSPS) is 10.4. The predicted octanol–water partition coefficient (Wildman–Crippen LogP) is 3.51. The Labute approximate surface area is 124 Å². The van der Waals surface area contributed by atoms with E-state index in [0.29, 0.717) is 15.7 Å². The van der Waals surface area contributed by atoms with Crippen molar-refractivity contribution in [3.05, 3.63) is 52.6 Å². The van der Waals surface area contributed by atoms with E-state index in [0.717, 1.165) is 16.6 Å². The average molecular weight is 325 g/mol. The lowest BCUT2D eigenvalue weighted by Gasteiger charge is -2.07. The van der Waals surface area contributed by atoms with E-state index >= 15 is 0 Å². The van der Waals surface area contributed by atoms with Gasteiger partial charge in [0, 0.05) is 10.9 Å². The van der Waals surface area contributed by atoms with Crippen molar-refractivity contribution in [2.75, 3.05) is 5.73 Å². The summed E-state index contributed by atoms with van der Waals surface area (Å²) in [5.41, 5.74) is 8.44. The fourth-order valence-electron chi connectivity index (χ4n) is 2.04. The third-order valence-corrected chi connectivity index (χ3v) is 3.61. The van der Waals surface area contributed by atoms with Gasteiger partial charge < -0.3 is 5.73 Å². The third kappa shape index (κ3) is 2.00. The zero-order valence-electron chi connectivity index (χ0n) is 10.3. The van der Waals surface area contributed by atoms with Crippen LogP contribution in [0.1, 0.15) is 5.56 Å². The van der Waals surface area contributed by atoms with Crippen molar-refractivity contribution in [1.29, 1.82) is 5.26 Å². The van der Waals surface area contributed by atoms with Crippen LogP contribution in [0.4, 0.5) is 5.82 Å². The van der Waals surface area contributed by atoms with Gasteiger partial charge in [0.2, 0.25) is 0 Å². The van der Waals surface area contributed by atoms with Gasteiger partial charge in [-0.15, -0.1) is 0 Å². The fraction of sp³-hybridized carbons (Fsp3) is 0. The number of anilines is 1. The van der Waals surface area contributed by atoms with Crippen molar-refractivity contribution in [3.8, 4) is 17.3 Å². The molecular formula is C15H9BrN4. The van der Waals surface area contributed by atoms with Crippen LogP contribution in [0.3, 0.4) is 0 Å². The van der Waals surface area contributed by atoms with Gasteiger partial charge in [0.05, 0.1) is 11.2 Å². The highest BCUT2D eigenvalue weighted by Gasteiger charge is 2.13. The predicted molar refractivity (Wildman–Crippen MR) is 81.8 cm³/mol. The quantitative estimate of drug-likeness (QED) is 0.695.